The molecular formula is C16H18ClN3O2. The Kier molecular flexibility index (Phi) is 4.75. The summed E-state index contributed by atoms with van der Waals surface area (Å²) in [5.74, 6) is 1.35. The Hall–Kier alpha value is -1.85. The Labute approximate surface area is 134 Å². The number of halogens is 1. The summed E-state index contributed by atoms with van der Waals surface area (Å²) in [7, 11) is 0. The summed E-state index contributed by atoms with van der Waals surface area (Å²) < 4.78 is 5.71. The minimum absolute atomic E-state index is 0.152. The Morgan fingerprint density at radius 1 is 1.32 bits per heavy atom. The lowest BCUT2D eigenvalue weighted by Crippen LogP contribution is -2.46. The van der Waals surface area contributed by atoms with Crippen LogP contribution in [0, 0.1) is 0 Å². The van der Waals surface area contributed by atoms with Gasteiger partial charge in [-0.25, -0.2) is 4.98 Å². The van der Waals surface area contributed by atoms with Crippen LogP contribution >= 0.6 is 11.6 Å². The molecule has 5 nitrogen and oxygen atoms in total. The van der Waals surface area contributed by atoms with E-state index in [1.807, 2.05) is 29.2 Å². The first-order valence-corrected chi connectivity index (χ1v) is 7.80. The Morgan fingerprint density at radius 2 is 2.09 bits per heavy atom. The van der Waals surface area contributed by atoms with E-state index < -0.39 is 0 Å². The molecule has 1 fully saturated rings. The minimum Gasteiger partial charge on any atom is -0.441 e. The zero-order valence-electron chi connectivity index (χ0n) is 12.2. The Bertz CT molecular complexity index is 650. The lowest BCUT2D eigenvalue weighted by Gasteiger charge is -2.27. The van der Waals surface area contributed by atoms with E-state index in [-0.39, 0.29) is 5.91 Å². The highest BCUT2D eigenvalue weighted by molar-refractivity contribution is 6.33. The van der Waals surface area contributed by atoms with Crippen LogP contribution in [0.2, 0.25) is 5.02 Å². The van der Waals surface area contributed by atoms with Crippen LogP contribution < -0.4 is 5.32 Å². The third kappa shape index (κ3) is 3.48. The van der Waals surface area contributed by atoms with Gasteiger partial charge in [-0.2, -0.15) is 0 Å². The van der Waals surface area contributed by atoms with Gasteiger partial charge < -0.3 is 14.6 Å². The molecule has 0 bridgehead atoms. The molecule has 1 aromatic carbocycles. The van der Waals surface area contributed by atoms with E-state index >= 15 is 0 Å². The molecule has 1 N–H and O–H groups in total. The lowest BCUT2D eigenvalue weighted by molar-refractivity contribution is -0.131. The van der Waals surface area contributed by atoms with Gasteiger partial charge in [-0.05, 0) is 12.1 Å². The molecule has 1 aliphatic rings. The quantitative estimate of drug-likeness (QED) is 0.940. The number of carbonyl (C=O) groups excluding carboxylic acids is 1. The van der Waals surface area contributed by atoms with E-state index in [0.29, 0.717) is 29.5 Å². The van der Waals surface area contributed by atoms with Crippen LogP contribution in [0.4, 0.5) is 0 Å². The van der Waals surface area contributed by atoms with E-state index in [9.17, 15) is 4.79 Å². The first kappa shape index (κ1) is 15.1. The SMILES string of the molecule is O=C(CCc1ncc(-c2ccccc2Cl)o1)N1CCNCC1. The van der Waals surface area contributed by atoms with Gasteiger partial charge >= 0.3 is 0 Å². The molecule has 0 unspecified atom stereocenters. The molecule has 6 heteroatoms. The minimum atomic E-state index is 0.152. The number of piperazine rings is 1. The second-order valence-corrected chi connectivity index (χ2v) is 5.64. The van der Waals surface area contributed by atoms with Gasteiger partial charge in [-0.15, -0.1) is 0 Å². The lowest BCUT2D eigenvalue weighted by atomic mass is 10.2. The van der Waals surface area contributed by atoms with Crippen LogP contribution in [0.1, 0.15) is 12.3 Å². The van der Waals surface area contributed by atoms with Gasteiger partial charge in [0, 0.05) is 44.6 Å². The zero-order valence-corrected chi connectivity index (χ0v) is 13.0. The number of oxazole rings is 1. The second kappa shape index (κ2) is 6.94. The molecular weight excluding hydrogens is 302 g/mol. The summed E-state index contributed by atoms with van der Waals surface area (Å²) in [6.07, 6.45) is 2.58. The standard InChI is InChI=1S/C16H18ClN3O2/c17-13-4-2-1-3-12(13)14-11-19-15(22-14)5-6-16(21)20-9-7-18-8-10-20/h1-4,11,18H,5-10H2. The highest BCUT2D eigenvalue weighted by Crippen LogP contribution is 2.28. The highest BCUT2D eigenvalue weighted by Gasteiger charge is 2.17. The number of aryl methyl sites for hydroxylation is 1. The number of nitrogens with one attached hydrogen (secondary N) is 1. The molecule has 1 saturated heterocycles. The van der Waals surface area contributed by atoms with Gasteiger partial charge in [0.15, 0.2) is 11.7 Å². The van der Waals surface area contributed by atoms with Crippen molar-refractivity contribution < 1.29 is 9.21 Å². The van der Waals surface area contributed by atoms with Crippen LogP contribution in [0.5, 0.6) is 0 Å². The summed E-state index contributed by atoms with van der Waals surface area (Å²) in [4.78, 5) is 18.2. The molecule has 0 spiro atoms. The molecule has 116 valence electrons. The molecule has 3 rings (SSSR count). The van der Waals surface area contributed by atoms with Crippen molar-refractivity contribution in [3.63, 3.8) is 0 Å². The van der Waals surface area contributed by atoms with Crippen molar-refractivity contribution in [3.05, 3.63) is 41.4 Å². The Balaban J connectivity index is 1.60. The molecule has 0 atom stereocenters. The highest BCUT2D eigenvalue weighted by atomic mass is 35.5. The number of carbonyl (C=O) groups is 1. The summed E-state index contributed by atoms with van der Waals surface area (Å²) in [5.41, 5.74) is 0.816. The number of rotatable bonds is 4. The molecule has 2 heterocycles. The summed E-state index contributed by atoms with van der Waals surface area (Å²) >= 11 is 6.14. The van der Waals surface area contributed by atoms with Crippen molar-refractivity contribution in [3.8, 4) is 11.3 Å². The molecule has 1 aromatic heterocycles. The fourth-order valence-electron chi connectivity index (χ4n) is 2.50. The molecule has 0 radical (unpaired) electrons. The maximum atomic E-state index is 12.1. The molecule has 1 aliphatic heterocycles. The largest absolute Gasteiger partial charge is 0.441 e. The smallest absolute Gasteiger partial charge is 0.223 e. The van der Waals surface area contributed by atoms with Gasteiger partial charge in [0.05, 0.1) is 11.2 Å². The van der Waals surface area contributed by atoms with Crippen LogP contribution in [-0.2, 0) is 11.2 Å². The average molecular weight is 320 g/mol. The Morgan fingerprint density at radius 3 is 2.86 bits per heavy atom. The van der Waals surface area contributed by atoms with E-state index in [4.69, 9.17) is 16.0 Å². The van der Waals surface area contributed by atoms with Gasteiger partial charge in [0.1, 0.15) is 0 Å². The fourth-order valence-corrected chi connectivity index (χ4v) is 2.73. The first-order chi connectivity index (χ1) is 10.7. The third-order valence-electron chi connectivity index (χ3n) is 3.72. The monoisotopic (exact) mass is 319 g/mol. The zero-order chi connectivity index (χ0) is 15.4. The van der Waals surface area contributed by atoms with Crippen LogP contribution in [0.15, 0.2) is 34.9 Å². The maximum Gasteiger partial charge on any atom is 0.223 e. The van der Waals surface area contributed by atoms with Crippen LogP contribution in [0.25, 0.3) is 11.3 Å². The topological polar surface area (TPSA) is 58.4 Å². The van der Waals surface area contributed by atoms with Gasteiger partial charge in [0.25, 0.3) is 0 Å². The average Bonchev–Trinajstić information content (AvgIpc) is 3.02. The predicted molar refractivity (Wildman–Crippen MR) is 84.7 cm³/mol. The van der Waals surface area contributed by atoms with E-state index in [0.717, 1.165) is 31.7 Å². The number of nitrogens with zero attached hydrogens (tertiary/aromatic N) is 2. The number of hydrogen-bond acceptors (Lipinski definition) is 4. The molecule has 2 aromatic rings. The fraction of sp³-hybridized carbons (Fsp3) is 0.375. The molecule has 0 saturated carbocycles. The van der Waals surface area contributed by atoms with Crippen molar-refractivity contribution in [1.29, 1.82) is 0 Å². The van der Waals surface area contributed by atoms with Crippen molar-refractivity contribution >= 4 is 17.5 Å². The van der Waals surface area contributed by atoms with Gasteiger partial charge in [-0.1, -0.05) is 23.7 Å². The van der Waals surface area contributed by atoms with E-state index in [2.05, 4.69) is 10.3 Å². The second-order valence-electron chi connectivity index (χ2n) is 5.23. The van der Waals surface area contributed by atoms with Gasteiger partial charge in [0.2, 0.25) is 5.91 Å². The van der Waals surface area contributed by atoms with Crippen molar-refractivity contribution in [2.75, 3.05) is 26.2 Å². The van der Waals surface area contributed by atoms with Crippen molar-refractivity contribution in [2.24, 2.45) is 0 Å². The summed E-state index contributed by atoms with van der Waals surface area (Å²) in [5, 5.41) is 3.86. The normalized spacial score (nSPS) is 15.0. The number of hydrogen-bond donors (Lipinski definition) is 1. The predicted octanol–water partition coefficient (Wildman–Crippen LogP) is 2.36. The molecule has 1 amide bonds. The molecule has 22 heavy (non-hydrogen) atoms. The van der Waals surface area contributed by atoms with Crippen LogP contribution in [0.3, 0.4) is 0 Å². The number of aromatic nitrogens is 1. The maximum absolute atomic E-state index is 12.1. The van der Waals surface area contributed by atoms with Crippen LogP contribution in [-0.4, -0.2) is 42.0 Å². The number of benzene rings is 1. The van der Waals surface area contributed by atoms with Crippen molar-refractivity contribution in [2.45, 2.75) is 12.8 Å². The first-order valence-electron chi connectivity index (χ1n) is 7.42. The summed E-state index contributed by atoms with van der Waals surface area (Å²) in [6, 6.07) is 7.47. The van der Waals surface area contributed by atoms with Gasteiger partial charge in [-0.3, -0.25) is 4.79 Å². The summed E-state index contributed by atoms with van der Waals surface area (Å²) in [6.45, 7) is 3.27. The van der Waals surface area contributed by atoms with E-state index in [1.54, 1.807) is 6.20 Å². The number of amides is 1. The molecule has 0 aliphatic carbocycles. The third-order valence-corrected chi connectivity index (χ3v) is 4.04. The van der Waals surface area contributed by atoms with E-state index in [1.165, 1.54) is 0 Å². The van der Waals surface area contributed by atoms with Crippen molar-refractivity contribution in [1.82, 2.24) is 15.2 Å².